The van der Waals surface area contributed by atoms with E-state index in [1.54, 1.807) is 0 Å². The normalized spacial score (nSPS) is 13.2. The molecule has 5 nitrogen and oxygen atoms in total. The van der Waals surface area contributed by atoms with Gasteiger partial charge in [-0.05, 0) is 90.0 Å². The lowest BCUT2D eigenvalue weighted by atomic mass is 9.72. The zero-order valence-electron chi connectivity index (χ0n) is 22.6. The Kier molecular flexibility index (Phi) is 5.23. The van der Waals surface area contributed by atoms with Gasteiger partial charge in [-0.25, -0.2) is 0 Å². The van der Waals surface area contributed by atoms with Crippen LogP contribution in [-0.2, 0) is 5.41 Å². The van der Waals surface area contributed by atoms with Crippen LogP contribution < -0.4 is 4.90 Å². The van der Waals surface area contributed by atoms with E-state index in [0.717, 1.165) is 55.7 Å². The Bertz CT molecular complexity index is 2110. The van der Waals surface area contributed by atoms with Crippen molar-refractivity contribution in [1.82, 2.24) is 4.57 Å². The lowest BCUT2D eigenvalue weighted by Gasteiger charge is -2.42. The highest BCUT2D eigenvalue weighted by atomic mass is 15.2. The fourth-order valence-corrected chi connectivity index (χ4v) is 6.25. The molecular weight excluding hydrogens is 502 g/mol. The summed E-state index contributed by atoms with van der Waals surface area (Å²) in [6.45, 7) is 4.29. The summed E-state index contributed by atoms with van der Waals surface area (Å²) in [6.07, 6.45) is 0. The molecule has 5 aromatic carbocycles. The largest absolute Gasteiger partial charge is 0.310 e. The van der Waals surface area contributed by atoms with Crippen molar-refractivity contribution in [3.63, 3.8) is 0 Å². The second-order valence-corrected chi connectivity index (χ2v) is 10.9. The van der Waals surface area contributed by atoms with E-state index in [1.807, 2.05) is 66.7 Å². The number of fused-ring (bicyclic) bond motifs is 5. The highest BCUT2D eigenvalue weighted by Gasteiger charge is 2.37. The van der Waals surface area contributed by atoms with Crippen LogP contribution in [0.1, 0.15) is 41.7 Å². The predicted octanol–water partition coefficient (Wildman–Crippen LogP) is 8.51. The number of rotatable bonds is 2. The second-order valence-electron chi connectivity index (χ2n) is 10.9. The van der Waals surface area contributed by atoms with Crippen molar-refractivity contribution < 1.29 is 0 Å². The molecule has 0 atom stereocenters. The van der Waals surface area contributed by atoms with Gasteiger partial charge in [0.2, 0.25) is 0 Å². The van der Waals surface area contributed by atoms with Gasteiger partial charge in [0.1, 0.15) is 0 Å². The number of aromatic nitrogens is 1. The van der Waals surface area contributed by atoms with Crippen LogP contribution in [0, 0.1) is 34.0 Å². The topological polar surface area (TPSA) is 79.5 Å². The molecule has 7 rings (SSSR count). The molecule has 0 amide bonds. The Morgan fingerprint density at radius 2 is 1.10 bits per heavy atom. The van der Waals surface area contributed by atoms with Gasteiger partial charge in [-0.2, -0.15) is 15.8 Å². The molecule has 0 aliphatic carbocycles. The van der Waals surface area contributed by atoms with Gasteiger partial charge in [0, 0.05) is 27.6 Å². The minimum Gasteiger partial charge on any atom is -0.310 e. The Hall–Kier alpha value is -5.83. The summed E-state index contributed by atoms with van der Waals surface area (Å²) in [5.74, 6) is 0. The fourth-order valence-electron chi connectivity index (χ4n) is 6.25. The molecule has 1 aliphatic rings. The van der Waals surface area contributed by atoms with Crippen molar-refractivity contribution in [3.05, 3.63) is 131 Å². The zero-order chi connectivity index (χ0) is 28.3. The van der Waals surface area contributed by atoms with Gasteiger partial charge in [-0.15, -0.1) is 0 Å². The number of anilines is 3. The smallest absolute Gasteiger partial charge is 0.0991 e. The van der Waals surface area contributed by atoms with Crippen molar-refractivity contribution in [2.24, 2.45) is 0 Å². The Morgan fingerprint density at radius 1 is 0.537 bits per heavy atom. The maximum Gasteiger partial charge on any atom is 0.0991 e. The van der Waals surface area contributed by atoms with E-state index in [2.05, 4.69) is 77.9 Å². The molecule has 0 saturated heterocycles. The molecule has 0 N–H and O–H groups in total. The first-order valence-electron chi connectivity index (χ1n) is 13.4. The minimum atomic E-state index is -0.413. The summed E-state index contributed by atoms with van der Waals surface area (Å²) in [4.78, 5) is 2.23. The molecule has 41 heavy (non-hydrogen) atoms. The first-order valence-corrected chi connectivity index (χ1v) is 13.4. The Morgan fingerprint density at radius 3 is 1.76 bits per heavy atom. The van der Waals surface area contributed by atoms with Crippen LogP contribution in [0.3, 0.4) is 0 Å². The molecule has 192 valence electrons. The van der Waals surface area contributed by atoms with E-state index in [4.69, 9.17) is 0 Å². The van der Waals surface area contributed by atoms with E-state index < -0.39 is 5.41 Å². The first kappa shape index (κ1) is 24.2. The third-order valence-corrected chi connectivity index (χ3v) is 8.23. The summed E-state index contributed by atoms with van der Waals surface area (Å²) >= 11 is 0. The van der Waals surface area contributed by atoms with E-state index in [9.17, 15) is 15.8 Å². The van der Waals surface area contributed by atoms with Gasteiger partial charge in [-0.1, -0.05) is 38.1 Å². The third-order valence-electron chi connectivity index (χ3n) is 8.23. The summed E-state index contributed by atoms with van der Waals surface area (Å²) in [5.41, 5.74) is 9.55. The van der Waals surface area contributed by atoms with E-state index >= 15 is 0 Å². The highest BCUT2D eigenvalue weighted by molar-refractivity contribution is 6.09. The van der Waals surface area contributed by atoms with E-state index in [-0.39, 0.29) is 0 Å². The van der Waals surface area contributed by atoms with Crippen molar-refractivity contribution in [3.8, 4) is 23.9 Å². The highest BCUT2D eigenvalue weighted by Crippen LogP contribution is 2.52. The fraction of sp³-hybridized carbons (Fsp3) is 0.0833. The van der Waals surface area contributed by atoms with Crippen LogP contribution in [0.5, 0.6) is 0 Å². The first-order chi connectivity index (χ1) is 19.9. The van der Waals surface area contributed by atoms with Crippen molar-refractivity contribution in [2.75, 3.05) is 4.90 Å². The van der Waals surface area contributed by atoms with Gasteiger partial charge in [0.15, 0.2) is 0 Å². The van der Waals surface area contributed by atoms with Crippen LogP contribution >= 0.6 is 0 Å². The molecule has 2 heterocycles. The van der Waals surface area contributed by atoms with Gasteiger partial charge in [0.25, 0.3) is 0 Å². The Balaban J connectivity index is 1.49. The maximum absolute atomic E-state index is 9.69. The molecular formula is C36H23N5. The average molecular weight is 526 g/mol. The molecule has 0 bridgehead atoms. The number of para-hydroxylation sites is 1. The van der Waals surface area contributed by atoms with Crippen LogP contribution in [0.2, 0.25) is 0 Å². The van der Waals surface area contributed by atoms with Gasteiger partial charge < -0.3 is 9.47 Å². The summed E-state index contributed by atoms with van der Waals surface area (Å²) in [5, 5.41) is 31.0. The van der Waals surface area contributed by atoms with Crippen molar-refractivity contribution in [1.29, 1.82) is 15.8 Å². The number of hydrogen-bond donors (Lipinski definition) is 0. The molecule has 6 aromatic rings. The monoisotopic (exact) mass is 525 g/mol. The average Bonchev–Trinajstić information content (AvgIpc) is 3.34. The third kappa shape index (κ3) is 3.52. The van der Waals surface area contributed by atoms with Gasteiger partial charge >= 0.3 is 0 Å². The van der Waals surface area contributed by atoms with Crippen LogP contribution in [-0.4, -0.2) is 4.57 Å². The quantitative estimate of drug-likeness (QED) is 0.227. The summed E-state index contributed by atoms with van der Waals surface area (Å²) in [7, 11) is 0. The SMILES string of the molecule is CC1(C)c2cc(C#N)ccc2N(c2cccc(-n3c4ccccc4c4cc(C#N)ccc43)c2)c2ccc(C#N)cc21. The van der Waals surface area contributed by atoms with Crippen molar-refractivity contribution in [2.45, 2.75) is 19.3 Å². The van der Waals surface area contributed by atoms with Crippen LogP contribution in [0.25, 0.3) is 27.5 Å². The summed E-state index contributed by atoms with van der Waals surface area (Å²) in [6, 6.07) is 41.1. The molecule has 0 unspecified atom stereocenters. The lowest BCUT2D eigenvalue weighted by molar-refractivity contribution is 0.631. The van der Waals surface area contributed by atoms with E-state index in [0.29, 0.717) is 16.7 Å². The molecule has 0 radical (unpaired) electrons. The lowest BCUT2D eigenvalue weighted by Crippen LogP contribution is -2.31. The van der Waals surface area contributed by atoms with Crippen LogP contribution in [0.15, 0.2) is 103 Å². The number of nitrogens with zero attached hydrogens (tertiary/aromatic N) is 5. The zero-order valence-corrected chi connectivity index (χ0v) is 22.6. The molecule has 0 saturated carbocycles. The number of nitriles is 3. The molecule has 0 spiro atoms. The molecule has 1 aromatic heterocycles. The minimum absolute atomic E-state index is 0.413. The summed E-state index contributed by atoms with van der Waals surface area (Å²) < 4.78 is 2.24. The van der Waals surface area contributed by atoms with Gasteiger partial charge in [-0.3, -0.25) is 0 Å². The molecule has 5 heteroatoms. The second kappa shape index (κ2) is 8.85. The number of benzene rings is 5. The standard InChI is InChI=1S/C36H23N5/c1-36(2)30-17-24(21-38)11-14-34(30)41(35-15-12-25(22-39)18-31(35)36)27-7-5-6-26(19-27)40-32-9-4-3-8-28(32)29-16-23(20-37)10-13-33(29)40/h3-19H,1-2H3. The van der Waals surface area contributed by atoms with Gasteiger partial charge in [0.05, 0.1) is 57.3 Å². The van der Waals surface area contributed by atoms with E-state index in [1.165, 1.54) is 0 Å². The molecule has 1 aliphatic heterocycles. The maximum atomic E-state index is 9.69. The number of hydrogen-bond acceptors (Lipinski definition) is 4. The Labute approximate surface area is 238 Å². The van der Waals surface area contributed by atoms with Crippen LogP contribution in [0.4, 0.5) is 17.1 Å². The molecule has 0 fully saturated rings. The van der Waals surface area contributed by atoms with Crippen molar-refractivity contribution >= 4 is 38.9 Å². The predicted molar refractivity (Wildman–Crippen MR) is 162 cm³/mol.